The maximum Gasteiger partial charge on any atom is 0.308 e. The SMILES string of the molecule is CC(=O)Oc1ccc(OC(C)=O)c(-c2ccc(C(C)=O)cc2)c1. The van der Waals surface area contributed by atoms with Gasteiger partial charge in [-0.3, -0.25) is 14.4 Å². The van der Waals surface area contributed by atoms with E-state index in [4.69, 9.17) is 9.47 Å². The molecule has 0 radical (unpaired) electrons. The number of carbonyl (C=O) groups excluding carboxylic acids is 3. The monoisotopic (exact) mass is 312 g/mol. The van der Waals surface area contributed by atoms with Gasteiger partial charge in [0.15, 0.2) is 5.78 Å². The summed E-state index contributed by atoms with van der Waals surface area (Å²) >= 11 is 0. The summed E-state index contributed by atoms with van der Waals surface area (Å²) in [6.07, 6.45) is 0. The highest BCUT2D eigenvalue weighted by Gasteiger charge is 2.12. The minimum absolute atomic E-state index is 0.0366. The fourth-order valence-electron chi connectivity index (χ4n) is 2.09. The summed E-state index contributed by atoms with van der Waals surface area (Å²) in [5.41, 5.74) is 1.91. The summed E-state index contributed by atoms with van der Waals surface area (Å²) in [6, 6.07) is 11.6. The van der Waals surface area contributed by atoms with E-state index in [9.17, 15) is 14.4 Å². The molecule has 23 heavy (non-hydrogen) atoms. The van der Waals surface area contributed by atoms with Crippen LogP contribution in [0.1, 0.15) is 31.1 Å². The Morgan fingerprint density at radius 3 is 1.91 bits per heavy atom. The van der Waals surface area contributed by atoms with Crippen LogP contribution in [0, 0.1) is 0 Å². The highest BCUT2D eigenvalue weighted by atomic mass is 16.5. The van der Waals surface area contributed by atoms with Gasteiger partial charge < -0.3 is 9.47 Å². The Balaban J connectivity index is 2.48. The average Bonchev–Trinajstić information content (AvgIpc) is 2.48. The Bertz CT molecular complexity index is 759. The molecule has 0 atom stereocenters. The topological polar surface area (TPSA) is 69.7 Å². The number of rotatable bonds is 4. The van der Waals surface area contributed by atoms with E-state index in [1.54, 1.807) is 42.5 Å². The van der Waals surface area contributed by atoms with E-state index in [0.29, 0.717) is 22.6 Å². The minimum atomic E-state index is -0.452. The van der Waals surface area contributed by atoms with Crippen molar-refractivity contribution < 1.29 is 23.9 Å². The van der Waals surface area contributed by atoms with Crippen LogP contribution in [-0.2, 0) is 9.59 Å². The van der Waals surface area contributed by atoms with Crippen molar-refractivity contribution in [1.82, 2.24) is 0 Å². The number of hydrogen-bond acceptors (Lipinski definition) is 5. The lowest BCUT2D eigenvalue weighted by Crippen LogP contribution is -2.05. The van der Waals surface area contributed by atoms with E-state index in [0.717, 1.165) is 5.56 Å². The molecule has 5 heteroatoms. The second-order valence-electron chi connectivity index (χ2n) is 4.98. The number of Topliss-reactive ketones (excluding diaryl/α,β-unsaturated/α-hetero) is 1. The molecule has 0 unspecified atom stereocenters. The highest BCUT2D eigenvalue weighted by molar-refractivity contribution is 5.94. The van der Waals surface area contributed by atoms with E-state index in [1.165, 1.54) is 20.8 Å². The normalized spacial score (nSPS) is 10.0. The van der Waals surface area contributed by atoms with E-state index in [1.807, 2.05) is 0 Å². The first-order chi connectivity index (χ1) is 10.9. The molecule has 2 aromatic carbocycles. The zero-order valence-corrected chi connectivity index (χ0v) is 13.1. The maximum absolute atomic E-state index is 11.4. The van der Waals surface area contributed by atoms with Gasteiger partial charge in [0.1, 0.15) is 11.5 Å². The molecule has 0 aliphatic heterocycles. The number of carbonyl (C=O) groups is 3. The standard InChI is InChI=1S/C18H16O5/c1-11(19)14-4-6-15(7-5-14)17-10-16(22-12(2)20)8-9-18(17)23-13(3)21/h4-10H,1-3H3. The van der Waals surface area contributed by atoms with Crippen molar-refractivity contribution in [3.05, 3.63) is 48.0 Å². The molecule has 0 saturated carbocycles. The largest absolute Gasteiger partial charge is 0.427 e. The van der Waals surface area contributed by atoms with Crippen LogP contribution < -0.4 is 9.47 Å². The predicted octanol–water partition coefficient (Wildman–Crippen LogP) is 3.41. The van der Waals surface area contributed by atoms with Gasteiger partial charge in [-0.2, -0.15) is 0 Å². The third-order valence-corrected chi connectivity index (χ3v) is 3.07. The fourth-order valence-corrected chi connectivity index (χ4v) is 2.09. The Labute approximate surface area is 133 Å². The summed E-state index contributed by atoms with van der Waals surface area (Å²) in [4.78, 5) is 33.7. The second-order valence-corrected chi connectivity index (χ2v) is 4.98. The smallest absolute Gasteiger partial charge is 0.308 e. The molecule has 0 aliphatic rings. The zero-order valence-electron chi connectivity index (χ0n) is 13.1. The van der Waals surface area contributed by atoms with Crippen molar-refractivity contribution in [2.24, 2.45) is 0 Å². The molecule has 0 heterocycles. The van der Waals surface area contributed by atoms with Crippen LogP contribution in [0.25, 0.3) is 11.1 Å². The van der Waals surface area contributed by atoms with E-state index >= 15 is 0 Å². The molecular formula is C18H16O5. The summed E-state index contributed by atoms with van der Waals surface area (Å²) in [5.74, 6) is -0.233. The van der Waals surface area contributed by atoms with Gasteiger partial charge in [0.2, 0.25) is 0 Å². The molecule has 0 N–H and O–H groups in total. The van der Waals surface area contributed by atoms with Gasteiger partial charge in [-0.05, 0) is 30.7 Å². The first-order valence-corrected chi connectivity index (χ1v) is 6.99. The van der Waals surface area contributed by atoms with Gasteiger partial charge in [0, 0.05) is 25.0 Å². The third-order valence-electron chi connectivity index (χ3n) is 3.07. The molecule has 0 spiro atoms. The molecular weight excluding hydrogens is 296 g/mol. The average molecular weight is 312 g/mol. The molecule has 0 bridgehead atoms. The second kappa shape index (κ2) is 6.87. The molecule has 0 amide bonds. The first kappa shape index (κ1) is 16.4. The lowest BCUT2D eigenvalue weighted by molar-refractivity contribution is -0.133. The third kappa shape index (κ3) is 4.26. The number of ketones is 1. The van der Waals surface area contributed by atoms with Crippen LogP contribution in [0.5, 0.6) is 11.5 Å². The van der Waals surface area contributed by atoms with E-state index < -0.39 is 11.9 Å². The van der Waals surface area contributed by atoms with Crippen molar-refractivity contribution >= 4 is 17.7 Å². The fraction of sp³-hybridized carbons (Fsp3) is 0.167. The summed E-state index contributed by atoms with van der Waals surface area (Å²) in [6.45, 7) is 4.10. The summed E-state index contributed by atoms with van der Waals surface area (Å²) < 4.78 is 10.3. The Kier molecular flexibility index (Phi) is 4.91. The van der Waals surface area contributed by atoms with E-state index in [-0.39, 0.29) is 5.78 Å². The Morgan fingerprint density at radius 2 is 1.39 bits per heavy atom. The van der Waals surface area contributed by atoms with Crippen molar-refractivity contribution in [2.45, 2.75) is 20.8 Å². The molecule has 2 rings (SSSR count). The molecule has 0 aliphatic carbocycles. The molecule has 0 fully saturated rings. The number of hydrogen-bond donors (Lipinski definition) is 0. The van der Waals surface area contributed by atoms with Crippen LogP contribution in [-0.4, -0.2) is 17.7 Å². The Morgan fingerprint density at radius 1 is 0.783 bits per heavy atom. The zero-order chi connectivity index (χ0) is 17.0. The molecule has 0 saturated heterocycles. The van der Waals surface area contributed by atoms with Gasteiger partial charge in [-0.15, -0.1) is 0 Å². The molecule has 5 nitrogen and oxygen atoms in total. The van der Waals surface area contributed by atoms with Gasteiger partial charge in [-0.1, -0.05) is 24.3 Å². The molecule has 0 aromatic heterocycles. The van der Waals surface area contributed by atoms with Crippen LogP contribution in [0.3, 0.4) is 0 Å². The van der Waals surface area contributed by atoms with Crippen molar-refractivity contribution in [1.29, 1.82) is 0 Å². The van der Waals surface area contributed by atoms with Crippen LogP contribution in [0.4, 0.5) is 0 Å². The van der Waals surface area contributed by atoms with Crippen molar-refractivity contribution in [3.63, 3.8) is 0 Å². The molecule has 118 valence electrons. The lowest BCUT2D eigenvalue weighted by Gasteiger charge is -2.11. The van der Waals surface area contributed by atoms with Gasteiger partial charge in [-0.25, -0.2) is 0 Å². The predicted molar refractivity (Wildman–Crippen MR) is 84.5 cm³/mol. The Hall–Kier alpha value is -2.95. The van der Waals surface area contributed by atoms with Gasteiger partial charge in [0.25, 0.3) is 0 Å². The molecule has 2 aromatic rings. The minimum Gasteiger partial charge on any atom is -0.427 e. The van der Waals surface area contributed by atoms with Crippen LogP contribution in [0.2, 0.25) is 0 Å². The summed E-state index contributed by atoms with van der Waals surface area (Å²) in [5, 5.41) is 0. The maximum atomic E-state index is 11.4. The number of benzene rings is 2. The number of ether oxygens (including phenoxy) is 2. The van der Waals surface area contributed by atoms with Crippen LogP contribution in [0.15, 0.2) is 42.5 Å². The van der Waals surface area contributed by atoms with Gasteiger partial charge >= 0.3 is 11.9 Å². The van der Waals surface area contributed by atoms with Crippen LogP contribution >= 0.6 is 0 Å². The summed E-state index contributed by atoms with van der Waals surface area (Å²) in [7, 11) is 0. The quantitative estimate of drug-likeness (QED) is 0.491. The van der Waals surface area contributed by atoms with Gasteiger partial charge in [0.05, 0.1) is 0 Å². The van der Waals surface area contributed by atoms with E-state index in [2.05, 4.69) is 0 Å². The highest BCUT2D eigenvalue weighted by Crippen LogP contribution is 2.34. The van der Waals surface area contributed by atoms with Crippen molar-refractivity contribution in [2.75, 3.05) is 0 Å². The lowest BCUT2D eigenvalue weighted by atomic mass is 10.0. The van der Waals surface area contributed by atoms with Crippen molar-refractivity contribution in [3.8, 4) is 22.6 Å². The number of esters is 2. The first-order valence-electron chi connectivity index (χ1n) is 6.99.